The van der Waals surface area contributed by atoms with E-state index in [0.29, 0.717) is 0 Å². The molecule has 5 heteroatoms. The smallest absolute Gasteiger partial charge is 0.224 e. The molecule has 0 aromatic rings. The molecule has 0 aromatic heterocycles. The van der Waals surface area contributed by atoms with E-state index in [1.165, 1.54) is 0 Å². The van der Waals surface area contributed by atoms with Gasteiger partial charge in [-0.25, -0.2) is 0 Å². The molecule has 5 nitrogen and oxygen atoms in total. The average molecular weight is 241 g/mol. The minimum absolute atomic E-state index is 0.158. The first-order valence-electron chi connectivity index (χ1n) is 6.56. The van der Waals surface area contributed by atoms with E-state index in [1.807, 2.05) is 0 Å². The van der Waals surface area contributed by atoms with Gasteiger partial charge >= 0.3 is 0 Å². The molecule has 2 atom stereocenters. The van der Waals surface area contributed by atoms with Crippen LogP contribution < -0.4 is 10.6 Å². The zero-order valence-electron chi connectivity index (χ0n) is 10.6. The third-order valence-electron chi connectivity index (χ3n) is 3.59. The lowest BCUT2D eigenvalue weighted by Gasteiger charge is -2.35. The molecule has 98 valence electrons. The van der Waals surface area contributed by atoms with Gasteiger partial charge in [0.25, 0.3) is 0 Å². The largest absolute Gasteiger partial charge is 0.374 e. The summed E-state index contributed by atoms with van der Waals surface area (Å²) in [7, 11) is 1.72. The summed E-state index contributed by atoms with van der Waals surface area (Å²) in [6, 6.07) is 0. The maximum Gasteiger partial charge on any atom is 0.224 e. The fraction of sp³-hybridized carbons (Fsp3) is 0.917. The highest BCUT2D eigenvalue weighted by molar-refractivity contribution is 5.78. The number of carbonyl (C=O) groups excluding carboxylic acids is 1. The third kappa shape index (κ3) is 3.66. The molecule has 0 aromatic carbocycles. The SMILES string of the molecule is CNC(=O)C1CCCN(CC2CNCCO2)C1. The van der Waals surface area contributed by atoms with Crippen molar-refractivity contribution in [1.29, 1.82) is 0 Å². The lowest BCUT2D eigenvalue weighted by molar-refractivity contribution is -0.126. The highest BCUT2D eigenvalue weighted by Crippen LogP contribution is 2.17. The molecule has 0 radical (unpaired) electrons. The molecule has 2 rings (SSSR count). The van der Waals surface area contributed by atoms with Crippen molar-refractivity contribution in [3.63, 3.8) is 0 Å². The van der Waals surface area contributed by atoms with Crippen LogP contribution in [-0.4, -0.2) is 63.3 Å². The summed E-state index contributed by atoms with van der Waals surface area (Å²) >= 11 is 0. The minimum atomic E-state index is 0.158. The van der Waals surface area contributed by atoms with Gasteiger partial charge in [0.05, 0.1) is 18.6 Å². The van der Waals surface area contributed by atoms with Gasteiger partial charge in [-0.2, -0.15) is 0 Å². The van der Waals surface area contributed by atoms with Gasteiger partial charge in [0.15, 0.2) is 0 Å². The van der Waals surface area contributed by atoms with Crippen LogP contribution >= 0.6 is 0 Å². The van der Waals surface area contributed by atoms with Gasteiger partial charge in [-0.3, -0.25) is 9.69 Å². The van der Waals surface area contributed by atoms with Gasteiger partial charge in [0, 0.05) is 33.2 Å². The van der Waals surface area contributed by atoms with Crippen LogP contribution in [0.3, 0.4) is 0 Å². The second-order valence-electron chi connectivity index (χ2n) is 4.91. The van der Waals surface area contributed by atoms with Crippen molar-refractivity contribution >= 4 is 5.91 Å². The molecule has 17 heavy (non-hydrogen) atoms. The number of likely N-dealkylation sites (tertiary alicyclic amines) is 1. The number of hydrogen-bond donors (Lipinski definition) is 2. The van der Waals surface area contributed by atoms with Crippen LogP contribution in [0.1, 0.15) is 12.8 Å². The topological polar surface area (TPSA) is 53.6 Å². The number of nitrogens with zero attached hydrogens (tertiary/aromatic N) is 1. The zero-order valence-corrected chi connectivity index (χ0v) is 10.6. The molecular formula is C12H23N3O2. The lowest BCUT2D eigenvalue weighted by atomic mass is 9.97. The fourth-order valence-corrected chi connectivity index (χ4v) is 2.66. The molecule has 0 aliphatic carbocycles. The van der Waals surface area contributed by atoms with Crippen molar-refractivity contribution in [3.8, 4) is 0 Å². The summed E-state index contributed by atoms with van der Waals surface area (Å²) in [4.78, 5) is 14.0. The first-order chi connectivity index (χ1) is 8.29. The van der Waals surface area contributed by atoms with E-state index in [-0.39, 0.29) is 17.9 Å². The number of carbonyl (C=O) groups is 1. The van der Waals surface area contributed by atoms with Gasteiger partial charge < -0.3 is 15.4 Å². The van der Waals surface area contributed by atoms with Crippen LogP contribution in [0.4, 0.5) is 0 Å². The number of hydrogen-bond acceptors (Lipinski definition) is 4. The molecule has 0 saturated carbocycles. The summed E-state index contributed by atoms with van der Waals surface area (Å²) < 4.78 is 5.70. The van der Waals surface area contributed by atoms with Gasteiger partial charge in [0.2, 0.25) is 5.91 Å². The second kappa shape index (κ2) is 6.33. The quantitative estimate of drug-likeness (QED) is 0.695. The van der Waals surface area contributed by atoms with E-state index < -0.39 is 0 Å². The molecular weight excluding hydrogens is 218 g/mol. The summed E-state index contributed by atoms with van der Waals surface area (Å²) in [5, 5.41) is 6.09. The van der Waals surface area contributed by atoms with Crippen molar-refractivity contribution < 1.29 is 9.53 Å². The van der Waals surface area contributed by atoms with Crippen LogP contribution in [0.15, 0.2) is 0 Å². The highest BCUT2D eigenvalue weighted by atomic mass is 16.5. The van der Waals surface area contributed by atoms with Crippen molar-refractivity contribution in [2.75, 3.05) is 46.4 Å². The number of amides is 1. The molecule has 2 aliphatic heterocycles. The van der Waals surface area contributed by atoms with Crippen LogP contribution in [0.5, 0.6) is 0 Å². The maximum atomic E-state index is 11.6. The molecule has 1 amide bonds. The van der Waals surface area contributed by atoms with Gasteiger partial charge in [-0.05, 0) is 19.4 Å². The Labute approximate surface area is 103 Å². The second-order valence-corrected chi connectivity index (χ2v) is 4.91. The van der Waals surface area contributed by atoms with E-state index in [4.69, 9.17) is 4.74 Å². The molecule has 2 fully saturated rings. The molecule has 2 aliphatic rings. The van der Waals surface area contributed by atoms with Crippen molar-refractivity contribution in [2.45, 2.75) is 18.9 Å². The van der Waals surface area contributed by atoms with Gasteiger partial charge in [-0.1, -0.05) is 0 Å². The lowest BCUT2D eigenvalue weighted by Crippen LogP contribution is -2.49. The van der Waals surface area contributed by atoms with E-state index in [1.54, 1.807) is 7.05 Å². The van der Waals surface area contributed by atoms with E-state index in [2.05, 4.69) is 15.5 Å². The molecule has 2 N–H and O–H groups in total. The number of morpholine rings is 1. The Hall–Kier alpha value is -0.650. The molecule has 2 saturated heterocycles. The summed E-state index contributed by atoms with van der Waals surface area (Å²) in [6.45, 7) is 5.60. The van der Waals surface area contributed by atoms with Crippen LogP contribution in [-0.2, 0) is 9.53 Å². The van der Waals surface area contributed by atoms with Crippen LogP contribution in [0.25, 0.3) is 0 Å². The Kier molecular flexibility index (Phi) is 4.76. The normalized spacial score (nSPS) is 31.1. The zero-order chi connectivity index (χ0) is 12.1. The van der Waals surface area contributed by atoms with Crippen molar-refractivity contribution in [3.05, 3.63) is 0 Å². The first-order valence-corrected chi connectivity index (χ1v) is 6.56. The van der Waals surface area contributed by atoms with Gasteiger partial charge in [-0.15, -0.1) is 0 Å². The highest BCUT2D eigenvalue weighted by Gasteiger charge is 2.27. The summed E-state index contributed by atoms with van der Waals surface area (Å²) in [5.74, 6) is 0.336. The van der Waals surface area contributed by atoms with E-state index in [9.17, 15) is 4.79 Å². The third-order valence-corrected chi connectivity index (χ3v) is 3.59. The minimum Gasteiger partial charge on any atom is -0.374 e. The van der Waals surface area contributed by atoms with E-state index >= 15 is 0 Å². The van der Waals surface area contributed by atoms with Gasteiger partial charge in [0.1, 0.15) is 0 Å². The van der Waals surface area contributed by atoms with Crippen LogP contribution in [0, 0.1) is 5.92 Å². The Balaban J connectivity index is 1.78. The monoisotopic (exact) mass is 241 g/mol. The summed E-state index contributed by atoms with van der Waals surface area (Å²) in [6.07, 6.45) is 2.41. The molecule has 0 spiro atoms. The predicted octanol–water partition coefficient (Wildman–Crippen LogP) is -0.567. The van der Waals surface area contributed by atoms with Crippen LogP contribution in [0.2, 0.25) is 0 Å². The maximum absolute atomic E-state index is 11.6. The molecule has 0 bridgehead atoms. The predicted molar refractivity (Wildman–Crippen MR) is 65.8 cm³/mol. The fourth-order valence-electron chi connectivity index (χ4n) is 2.66. The first kappa shape index (κ1) is 12.8. The Morgan fingerprint density at radius 3 is 3.18 bits per heavy atom. The Morgan fingerprint density at radius 2 is 2.47 bits per heavy atom. The van der Waals surface area contributed by atoms with E-state index in [0.717, 1.165) is 52.2 Å². The Morgan fingerprint density at radius 1 is 1.59 bits per heavy atom. The standard InChI is InChI=1S/C12H23N3O2/c1-13-12(16)10-3-2-5-15(8-10)9-11-7-14-4-6-17-11/h10-11,14H,2-9H2,1H3,(H,13,16). The number of nitrogens with one attached hydrogen (secondary N) is 2. The molecule has 2 heterocycles. The van der Waals surface area contributed by atoms with Crippen molar-refractivity contribution in [1.82, 2.24) is 15.5 Å². The number of piperidine rings is 1. The van der Waals surface area contributed by atoms with Crippen molar-refractivity contribution in [2.24, 2.45) is 5.92 Å². The average Bonchev–Trinajstić information content (AvgIpc) is 2.39. The number of rotatable bonds is 3. The number of ether oxygens (including phenoxy) is 1. The summed E-state index contributed by atoms with van der Waals surface area (Å²) in [5.41, 5.74) is 0. The Bertz CT molecular complexity index is 254. The molecule has 2 unspecified atom stereocenters.